The second kappa shape index (κ2) is 5.52. The lowest BCUT2D eigenvalue weighted by Gasteiger charge is -2.11. The SMILES string of the molecule is N#CCc1cccc(-c2c(O)ccc3[nH]c(=O)c4sccc4c23)c1. The van der Waals surface area contributed by atoms with Gasteiger partial charge in [-0.2, -0.15) is 5.26 Å². The highest BCUT2D eigenvalue weighted by atomic mass is 32.1. The molecular weight excluding hydrogens is 320 g/mol. The van der Waals surface area contributed by atoms with Gasteiger partial charge in [0.05, 0.1) is 12.5 Å². The fraction of sp³-hybridized carbons (Fsp3) is 0.0526. The van der Waals surface area contributed by atoms with Gasteiger partial charge in [-0.15, -0.1) is 11.3 Å². The minimum absolute atomic E-state index is 0.123. The van der Waals surface area contributed by atoms with Crippen LogP contribution in [0.1, 0.15) is 5.56 Å². The van der Waals surface area contributed by atoms with Gasteiger partial charge in [0, 0.05) is 21.9 Å². The summed E-state index contributed by atoms with van der Waals surface area (Å²) in [6.07, 6.45) is 0.310. The van der Waals surface area contributed by atoms with Crippen LogP contribution in [0.25, 0.3) is 32.1 Å². The summed E-state index contributed by atoms with van der Waals surface area (Å²) < 4.78 is 0.641. The van der Waals surface area contributed by atoms with E-state index in [1.165, 1.54) is 11.3 Å². The number of thiophene rings is 1. The molecule has 4 rings (SSSR count). The van der Waals surface area contributed by atoms with Gasteiger partial charge in [-0.05, 0) is 40.8 Å². The Labute approximate surface area is 141 Å². The first kappa shape index (κ1) is 14.5. The summed E-state index contributed by atoms with van der Waals surface area (Å²) >= 11 is 1.38. The van der Waals surface area contributed by atoms with E-state index in [4.69, 9.17) is 5.26 Å². The summed E-state index contributed by atoms with van der Waals surface area (Å²) in [5.74, 6) is 0.149. The molecule has 2 heterocycles. The molecule has 2 N–H and O–H groups in total. The molecule has 0 atom stereocenters. The molecule has 2 aromatic carbocycles. The van der Waals surface area contributed by atoms with Crippen LogP contribution in [-0.2, 0) is 6.42 Å². The Bertz CT molecular complexity index is 1180. The lowest BCUT2D eigenvalue weighted by atomic mass is 9.95. The van der Waals surface area contributed by atoms with Crippen LogP contribution in [0.5, 0.6) is 5.75 Å². The molecule has 4 aromatic rings. The molecule has 0 radical (unpaired) electrons. The third-order valence-electron chi connectivity index (χ3n) is 4.07. The van der Waals surface area contributed by atoms with Crippen molar-refractivity contribution in [3.63, 3.8) is 0 Å². The number of aromatic hydroxyl groups is 1. The zero-order chi connectivity index (χ0) is 16.7. The molecule has 4 nitrogen and oxygen atoms in total. The predicted molar refractivity (Wildman–Crippen MR) is 96.4 cm³/mol. The second-order valence-corrected chi connectivity index (χ2v) is 6.45. The predicted octanol–water partition coefficient (Wildman–Crippen LogP) is 4.18. The molecule has 5 heteroatoms. The Morgan fingerprint density at radius 2 is 2.08 bits per heavy atom. The number of hydrogen-bond donors (Lipinski definition) is 2. The van der Waals surface area contributed by atoms with Crippen LogP contribution in [0.4, 0.5) is 0 Å². The number of phenolic OH excluding ortho intramolecular Hbond substituents is 1. The Hall–Kier alpha value is -3.10. The van der Waals surface area contributed by atoms with E-state index in [1.807, 2.05) is 35.7 Å². The molecule has 116 valence electrons. The summed E-state index contributed by atoms with van der Waals surface area (Å²) in [4.78, 5) is 15.1. The first-order valence-electron chi connectivity index (χ1n) is 7.40. The van der Waals surface area contributed by atoms with E-state index >= 15 is 0 Å². The minimum atomic E-state index is -0.123. The largest absolute Gasteiger partial charge is 0.507 e. The summed E-state index contributed by atoms with van der Waals surface area (Å²) in [6, 6.07) is 14.9. The highest BCUT2D eigenvalue weighted by Gasteiger charge is 2.15. The fourth-order valence-electron chi connectivity index (χ4n) is 3.06. The first-order chi connectivity index (χ1) is 11.7. The number of H-pyrrole nitrogens is 1. The number of aromatic amines is 1. The quantitative estimate of drug-likeness (QED) is 0.578. The van der Waals surface area contributed by atoms with Crippen LogP contribution in [0, 0.1) is 11.3 Å². The Morgan fingerprint density at radius 1 is 1.21 bits per heavy atom. The zero-order valence-electron chi connectivity index (χ0n) is 12.5. The van der Waals surface area contributed by atoms with Gasteiger partial charge >= 0.3 is 0 Å². The second-order valence-electron chi connectivity index (χ2n) is 5.54. The van der Waals surface area contributed by atoms with E-state index < -0.39 is 0 Å². The molecule has 0 saturated carbocycles. The van der Waals surface area contributed by atoms with Gasteiger partial charge in [-0.25, -0.2) is 0 Å². The molecule has 0 unspecified atom stereocenters. The molecule has 2 aromatic heterocycles. The van der Waals surface area contributed by atoms with Crippen molar-refractivity contribution < 1.29 is 5.11 Å². The maximum atomic E-state index is 12.2. The Balaban J connectivity index is 2.14. The van der Waals surface area contributed by atoms with Gasteiger partial charge in [-0.3, -0.25) is 4.79 Å². The van der Waals surface area contributed by atoms with Gasteiger partial charge in [0.25, 0.3) is 5.56 Å². The van der Waals surface area contributed by atoms with Crippen molar-refractivity contribution in [1.29, 1.82) is 5.26 Å². The topological polar surface area (TPSA) is 76.9 Å². The number of nitrogens with one attached hydrogen (secondary N) is 1. The molecule has 0 spiro atoms. The molecular formula is C19H12N2O2S. The Morgan fingerprint density at radius 3 is 2.92 bits per heavy atom. The average Bonchev–Trinajstić information content (AvgIpc) is 3.06. The standard InChI is InChI=1S/C19H12N2O2S/c20-8-6-11-2-1-3-12(10-11)16-15(22)5-4-14-17(16)13-7-9-24-18(13)19(23)21-14/h1-5,7,9-10,22H,6H2,(H,21,23). The number of hydrogen-bond acceptors (Lipinski definition) is 4. The van der Waals surface area contributed by atoms with Crippen LogP contribution in [0.2, 0.25) is 0 Å². The van der Waals surface area contributed by atoms with Crippen molar-refractivity contribution in [2.75, 3.05) is 0 Å². The van der Waals surface area contributed by atoms with Crippen molar-refractivity contribution in [3.8, 4) is 22.9 Å². The number of rotatable bonds is 2. The van der Waals surface area contributed by atoms with Crippen molar-refractivity contribution >= 4 is 32.3 Å². The highest BCUT2D eigenvalue weighted by Crippen LogP contribution is 2.39. The Kier molecular flexibility index (Phi) is 3.33. The molecule has 0 fully saturated rings. The number of pyridine rings is 1. The van der Waals surface area contributed by atoms with Gasteiger partial charge in [0.1, 0.15) is 10.4 Å². The van der Waals surface area contributed by atoms with Gasteiger partial charge in [-0.1, -0.05) is 18.2 Å². The number of aromatic nitrogens is 1. The zero-order valence-corrected chi connectivity index (χ0v) is 13.4. The van der Waals surface area contributed by atoms with Crippen molar-refractivity contribution in [2.45, 2.75) is 6.42 Å². The number of benzene rings is 2. The summed E-state index contributed by atoms with van der Waals surface area (Å²) in [5, 5.41) is 22.9. The third-order valence-corrected chi connectivity index (χ3v) is 4.98. The monoisotopic (exact) mass is 332 g/mol. The number of nitriles is 1. The minimum Gasteiger partial charge on any atom is -0.507 e. The van der Waals surface area contributed by atoms with E-state index in [2.05, 4.69) is 11.1 Å². The normalized spacial score (nSPS) is 11.0. The van der Waals surface area contributed by atoms with E-state index in [0.29, 0.717) is 22.2 Å². The van der Waals surface area contributed by atoms with E-state index in [0.717, 1.165) is 21.9 Å². The smallest absolute Gasteiger partial charge is 0.266 e. The lowest BCUT2D eigenvalue weighted by Crippen LogP contribution is -2.04. The molecule has 0 bridgehead atoms. The summed E-state index contributed by atoms with van der Waals surface area (Å²) in [5.41, 5.74) is 2.95. The van der Waals surface area contributed by atoms with Crippen molar-refractivity contribution in [3.05, 3.63) is 63.8 Å². The van der Waals surface area contributed by atoms with Crippen LogP contribution >= 0.6 is 11.3 Å². The number of nitrogens with zero attached hydrogens (tertiary/aromatic N) is 1. The van der Waals surface area contributed by atoms with Gasteiger partial charge in [0.2, 0.25) is 0 Å². The van der Waals surface area contributed by atoms with Crippen molar-refractivity contribution in [1.82, 2.24) is 4.98 Å². The molecule has 24 heavy (non-hydrogen) atoms. The van der Waals surface area contributed by atoms with Crippen molar-refractivity contribution in [2.24, 2.45) is 0 Å². The highest BCUT2D eigenvalue weighted by molar-refractivity contribution is 7.17. The summed E-state index contributed by atoms with van der Waals surface area (Å²) in [7, 11) is 0. The number of phenols is 1. The third kappa shape index (κ3) is 2.16. The van der Waals surface area contributed by atoms with E-state index in [1.54, 1.807) is 12.1 Å². The first-order valence-corrected chi connectivity index (χ1v) is 8.28. The maximum absolute atomic E-state index is 12.2. The number of fused-ring (bicyclic) bond motifs is 3. The molecule has 0 aliphatic rings. The molecule has 0 amide bonds. The van der Waals surface area contributed by atoms with E-state index in [-0.39, 0.29) is 11.3 Å². The molecule has 0 aliphatic carbocycles. The van der Waals surface area contributed by atoms with Crippen LogP contribution in [0.3, 0.4) is 0 Å². The van der Waals surface area contributed by atoms with E-state index in [9.17, 15) is 9.90 Å². The van der Waals surface area contributed by atoms with Crippen LogP contribution in [0.15, 0.2) is 52.6 Å². The summed E-state index contributed by atoms with van der Waals surface area (Å²) in [6.45, 7) is 0. The fourth-order valence-corrected chi connectivity index (χ4v) is 3.85. The molecule has 0 aliphatic heterocycles. The van der Waals surface area contributed by atoms with Crippen LogP contribution in [-0.4, -0.2) is 10.1 Å². The maximum Gasteiger partial charge on any atom is 0.266 e. The van der Waals surface area contributed by atoms with Gasteiger partial charge in [0.15, 0.2) is 0 Å². The van der Waals surface area contributed by atoms with Gasteiger partial charge < -0.3 is 10.1 Å². The average molecular weight is 332 g/mol. The lowest BCUT2D eigenvalue weighted by molar-refractivity contribution is 0.478. The van der Waals surface area contributed by atoms with Crippen LogP contribution < -0.4 is 5.56 Å². The molecule has 0 saturated heterocycles.